The first-order valence-corrected chi connectivity index (χ1v) is 22.2. The van der Waals surface area contributed by atoms with Crippen molar-refractivity contribution in [1.82, 2.24) is 0 Å². The number of allylic oxidation sites excluding steroid dienone is 4. The fraction of sp³-hybridized carbons (Fsp3) is 0.293. The number of hydrogen-bond acceptors (Lipinski definition) is 0. The molecule has 0 bridgehead atoms. The van der Waals surface area contributed by atoms with Crippen LogP contribution in [0, 0.1) is 13.8 Å². The zero-order valence-electron chi connectivity index (χ0n) is 26.9. The topological polar surface area (TPSA) is 0 Å². The molecule has 4 aromatic rings. The van der Waals surface area contributed by atoms with Crippen molar-refractivity contribution in [2.45, 2.75) is 79.1 Å². The molecule has 0 radical (unpaired) electrons. The maximum absolute atomic E-state index is 5.73. The van der Waals surface area contributed by atoms with E-state index in [0.717, 1.165) is 12.8 Å². The molecule has 0 N–H and O–H groups in total. The summed E-state index contributed by atoms with van der Waals surface area (Å²) in [6, 6.07) is 31.1. The molecule has 2 aliphatic carbocycles. The van der Waals surface area contributed by atoms with Gasteiger partial charge in [0.1, 0.15) is 0 Å². The predicted octanol–water partition coefficient (Wildman–Crippen LogP) is 8.71. The van der Waals surface area contributed by atoms with Crippen molar-refractivity contribution in [2.75, 3.05) is 0 Å². The summed E-state index contributed by atoms with van der Waals surface area (Å²) in [7, 11) is 0. The summed E-state index contributed by atoms with van der Waals surface area (Å²) in [5, 5.41) is 0. The second kappa shape index (κ2) is 9.82. The van der Waals surface area contributed by atoms with Crippen molar-refractivity contribution < 1.29 is 18.3 Å². The van der Waals surface area contributed by atoms with Gasteiger partial charge in [0.2, 0.25) is 0 Å². The van der Waals surface area contributed by atoms with Gasteiger partial charge in [-0.05, 0) is 0 Å². The van der Waals surface area contributed by atoms with Crippen LogP contribution in [0.5, 0.6) is 0 Å². The van der Waals surface area contributed by atoms with Gasteiger partial charge in [0.25, 0.3) is 0 Å². The van der Waals surface area contributed by atoms with Crippen molar-refractivity contribution in [3.63, 3.8) is 0 Å². The van der Waals surface area contributed by atoms with Crippen LogP contribution >= 0.6 is 0 Å². The first-order chi connectivity index (χ1) is 19.7. The van der Waals surface area contributed by atoms with Crippen LogP contribution in [-0.2, 0) is 35.5 Å². The predicted molar refractivity (Wildman–Crippen MR) is 182 cm³/mol. The Morgan fingerprint density at radius 2 is 1.24 bits per heavy atom. The van der Waals surface area contributed by atoms with E-state index in [0.29, 0.717) is 0 Å². The SMILES string of the molecule is [CH2]=[Zr]([C]1=CC=CC1)([c]1ccc(C)cc1)([c]1ccc(C)cc1)[c]1c(C(C)(C)C)ccc2c1Cc1cc(C(C)(C)C)ccc1-2. The van der Waals surface area contributed by atoms with Crippen LogP contribution in [0.2, 0.25) is 0 Å². The van der Waals surface area contributed by atoms with E-state index < -0.39 is 18.3 Å². The number of rotatable bonds is 4. The molecular weight excluding hydrogens is 584 g/mol. The molecule has 0 nitrogen and oxygen atoms in total. The molecule has 0 aliphatic heterocycles. The van der Waals surface area contributed by atoms with Crippen LogP contribution in [-0.4, -0.2) is 4.21 Å². The van der Waals surface area contributed by atoms with Crippen LogP contribution in [0.1, 0.15) is 81.3 Å². The molecule has 0 unspecified atom stereocenters. The average molecular weight is 630 g/mol. The molecule has 4 aromatic carbocycles. The van der Waals surface area contributed by atoms with E-state index in [1.165, 1.54) is 54.3 Å². The molecule has 2 aliphatic rings. The van der Waals surface area contributed by atoms with E-state index in [2.05, 4.69) is 152 Å². The third-order valence-corrected chi connectivity index (χ3v) is 26.6. The Bertz CT molecular complexity index is 1780. The van der Waals surface area contributed by atoms with Crippen molar-refractivity contribution >= 4 is 14.0 Å². The molecule has 0 saturated carbocycles. The van der Waals surface area contributed by atoms with E-state index in [9.17, 15) is 0 Å². The Kier molecular flexibility index (Phi) is 6.83. The van der Waals surface area contributed by atoms with Crippen molar-refractivity contribution in [3.8, 4) is 11.1 Å². The molecule has 1 heteroatoms. The molecule has 0 spiro atoms. The minimum absolute atomic E-state index is 0.0372. The molecule has 6 rings (SSSR count). The Hall–Kier alpha value is -2.89. The Morgan fingerprint density at radius 3 is 1.74 bits per heavy atom. The molecule has 0 heterocycles. The second-order valence-electron chi connectivity index (χ2n) is 15.1. The fourth-order valence-electron chi connectivity index (χ4n) is 7.68. The van der Waals surface area contributed by atoms with Gasteiger partial charge in [-0.1, -0.05) is 0 Å². The van der Waals surface area contributed by atoms with Crippen LogP contribution in [0.15, 0.2) is 100 Å². The molecule has 214 valence electrons. The van der Waals surface area contributed by atoms with Gasteiger partial charge in [0.05, 0.1) is 0 Å². The van der Waals surface area contributed by atoms with Crippen molar-refractivity contribution in [1.29, 1.82) is 0 Å². The van der Waals surface area contributed by atoms with Gasteiger partial charge in [-0.3, -0.25) is 0 Å². The summed E-state index contributed by atoms with van der Waals surface area (Å²) in [6.07, 6.45) is 8.99. The van der Waals surface area contributed by atoms with Crippen molar-refractivity contribution in [3.05, 3.63) is 134 Å². The van der Waals surface area contributed by atoms with Gasteiger partial charge in [-0.2, -0.15) is 0 Å². The molecule has 0 atom stereocenters. The Morgan fingerprint density at radius 1 is 0.667 bits per heavy atom. The van der Waals surface area contributed by atoms with Gasteiger partial charge in [0.15, 0.2) is 0 Å². The number of aryl methyl sites for hydroxylation is 2. The summed E-state index contributed by atoms with van der Waals surface area (Å²) < 4.78 is 11.7. The van der Waals surface area contributed by atoms with E-state index in [1.54, 1.807) is 3.27 Å². The summed E-state index contributed by atoms with van der Waals surface area (Å²) in [4.78, 5) is 0. The third kappa shape index (κ3) is 4.30. The van der Waals surface area contributed by atoms with Gasteiger partial charge in [0, 0.05) is 0 Å². The van der Waals surface area contributed by atoms with Crippen LogP contribution in [0.25, 0.3) is 11.1 Å². The summed E-state index contributed by atoms with van der Waals surface area (Å²) in [6.45, 7) is 18.5. The zero-order valence-corrected chi connectivity index (χ0v) is 29.3. The van der Waals surface area contributed by atoms with Gasteiger partial charge >= 0.3 is 256 Å². The van der Waals surface area contributed by atoms with E-state index in [1.807, 2.05) is 0 Å². The first kappa shape index (κ1) is 29.2. The molecule has 0 fully saturated rings. The van der Waals surface area contributed by atoms with Crippen LogP contribution in [0.4, 0.5) is 0 Å². The normalized spacial score (nSPS) is 15.0. The quantitative estimate of drug-likeness (QED) is 0.187. The average Bonchev–Trinajstić information content (AvgIpc) is 3.60. The summed E-state index contributed by atoms with van der Waals surface area (Å²) in [5.74, 6) is 0. The third-order valence-electron chi connectivity index (χ3n) is 10.2. The van der Waals surface area contributed by atoms with Crippen LogP contribution < -0.4 is 9.81 Å². The Labute approximate surface area is 254 Å². The molecular formula is C41H46Zr. The van der Waals surface area contributed by atoms with Gasteiger partial charge in [-0.25, -0.2) is 0 Å². The number of hydrogen-bond donors (Lipinski definition) is 0. The summed E-state index contributed by atoms with van der Waals surface area (Å²) >= 11 is -4.79. The van der Waals surface area contributed by atoms with E-state index in [4.69, 9.17) is 4.21 Å². The second-order valence-corrected chi connectivity index (χ2v) is 27.9. The molecule has 0 amide bonds. The molecule has 0 saturated heterocycles. The monoisotopic (exact) mass is 628 g/mol. The fourth-order valence-corrected chi connectivity index (χ4v) is 24.3. The van der Waals surface area contributed by atoms with Crippen molar-refractivity contribution in [2.24, 2.45) is 0 Å². The number of benzene rings is 4. The van der Waals surface area contributed by atoms with E-state index in [-0.39, 0.29) is 10.8 Å². The Balaban J connectivity index is 1.81. The van der Waals surface area contributed by atoms with E-state index >= 15 is 0 Å². The number of fused-ring (bicyclic) bond motifs is 3. The zero-order chi connectivity index (χ0) is 30.1. The minimum atomic E-state index is -4.79. The molecule has 42 heavy (non-hydrogen) atoms. The van der Waals surface area contributed by atoms with Gasteiger partial charge < -0.3 is 0 Å². The first-order valence-electron chi connectivity index (χ1n) is 15.6. The maximum atomic E-state index is 5.73. The summed E-state index contributed by atoms with van der Waals surface area (Å²) in [5.41, 5.74) is 11.3. The standard InChI is InChI=1S/C21H25.2C7H7.C5H5.CH2.Zr/c1-20(2,3)16-7-9-18-14(12-16)11-15-13-17(21(4,5)6)8-10-19(15)18;2*1-7-5-3-2-4-6-7;1-2-4-5-3-1;;/h7-10,12H,11H2,1-6H3;2*3-6H,1H3;1-3H,4H2;1H2;. The molecule has 0 aromatic heterocycles. The van der Waals surface area contributed by atoms with Gasteiger partial charge in [-0.15, -0.1) is 0 Å². The van der Waals surface area contributed by atoms with Crippen LogP contribution in [0.3, 0.4) is 0 Å².